The lowest BCUT2D eigenvalue weighted by molar-refractivity contribution is 0.102. The number of aromatic nitrogens is 3. The summed E-state index contributed by atoms with van der Waals surface area (Å²) in [7, 11) is 1.42. The van der Waals surface area contributed by atoms with Crippen LogP contribution < -0.4 is 48.1 Å². The van der Waals surface area contributed by atoms with Gasteiger partial charge in [-0.05, 0) is 49.2 Å². The highest BCUT2D eigenvalue weighted by atomic mass is 16.5. The van der Waals surface area contributed by atoms with Crippen molar-refractivity contribution < 1.29 is 14.6 Å². The summed E-state index contributed by atoms with van der Waals surface area (Å²) in [4.78, 5) is 30.8. The number of nitrogens with two attached hydrogens (primary N) is 4. The fourth-order valence-electron chi connectivity index (χ4n) is 5.21. The molecule has 1 amide bonds. The second kappa shape index (κ2) is 12.1. The predicted molar refractivity (Wildman–Crippen MR) is 158 cm³/mol. The first-order chi connectivity index (χ1) is 19.7. The van der Waals surface area contributed by atoms with Crippen molar-refractivity contribution >= 4 is 35.1 Å². The molecule has 4 atom stereocenters. The number of piperidine rings is 2. The maximum atomic E-state index is 12.7. The zero-order valence-corrected chi connectivity index (χ0v) is 22.9. The molecule has 2 aliphatic rings. The smallest absolute Gasteiger partial charge is 0.259 e. The van der Waals surface area contributed by atoms with Crippen molar-refractivity contribution in [3.8, 4) is 11.5 Å². The Hall–Kier alpha value is -4.24. The van der Waals surface area contributed by atoms with E-state index >= 15 is 0 Å². The van der Waals surface area contributed by atoms with Gasteiger partial charge < -0.3 is 53.2 Å². The zero-order chi connectivity index (χ0) is 29.1. The molecule has 14 heteroatoms. The first-order valence-corrected chi connectivity index (χ1v) is 13.5. The molecule has 2 aliphatic heterocycles. The topological polar surface area (TPSA) is 220 Å². The lowest BCUT2D eigenvalue weighted by Crippen LogP contribution is -2.54. The molecule has 2 saturated heterocycles. The summed E-state index contributed by atoms with van der Waals surface area (Å²) in [5.41, 5.74) is 26.3. The number of carbonyl (C=O) groups is 1. The molecule has 14 nitrogen and oxygen atoms in total. The number of nitrogens with zero attached hydrogens (tertiary/aromatic N) is 5. The number of hydrogen-bond acceptors (Lipinski definition) is 13. The third-order valence-corrected chi connectivity index (χ3v) is 7.07. The Balaban J connectivity index is 1.36. The number of para-hydroxylation sites is 1. The summed E-state index contributed by atoms with van der Waals surface area (Å²) in [6.45, 7) is 2.30. The third kappa shape index (κ3) is 6.74. The highest BCUT2D eigenvalue weighted by molar-refractivity contribution is 6.06. The molecule has 3 aromatic rings. The SMILES string of the molecule is COc1cccc(C(=O)Nc2ccc(Nc3nc(N4C[C@H](N)C[C@H](N)C4)nc(N4C[C@H](N)C[C@H](N)C4)n3)cc2)c1O. The van der Waals surface area contributed by atoms with Gasteiger partial charge in [0.05, 0.1) is 12.7 Å². The van der Waals surface area contributed by atoms with E-state index < -0.39 is 5.91 Å². The number of methoxy groups -OCH3 is 1. The van der Waals surface area contributed by atoms with Gasteiger partial charge in [-0.2, -0.15) is 15.0 Å². The van der Waals surface area contributed by atoms with Crippen molar-refractivity contribution in [1.82, 2.24) is 15.0 Å². The monoisotopic (exact) mass is 563 g/mol. The van der Waals surface area contributed by atoms with Gasteiger partial charge >= 0.3 is 0 Å². The van der Waals surface area contributed by atoms with Gasteiger partial charge in [-0.1, -0.05) is 6.07 Å². The number of nitrogens with one attached hydrogen (secondary N) is 2. The van der Waals surface area contributed by atoms with Gasteiger partial charge in [0.1, 0.15) is 0 Å². The highest BCUT2D eigenvalue weighted by Gasteiger charge is 2.29. The van der Waals surface area contributed by atoms with E-state index in [1.54, 1.807) is 36.4 Å². The van der Waals surface area contributed by atoms with Crippen LogP contribution >= 0.6 is 0 Å². The van der Waals surface area contributed by atoms with Crippen LogP contribution in [0.2, 0.25) is 0 Å². The van der Waals surface area contributed by atoms with E-state index in [9.17, 15) is 9.90 Å². The molecule has 0 unspecified atom stereocenters. The minimum Gasteiger partial charge on any atom is -0.504 e. The van der Waals surface area contributed by atoms with E-state index in [-0.39, 0.29) is 41.2 Å². The van der Waals surface area contributed by atoms with Crippen molar-refractivity contribution in [2.75, 3.05) is 53.7 Å². The van der Waals surface area contributed by atoms with E-state index in [0.717, 1.165) is 12.8 Å². The Bertz CT molecular complexity index is 1310. The molecule has 218 valence electrons. The molecule has 2 aromatic carbocycles. The fraction of sp³-hybridized carbons (Fsp3) is 0.407. The molecular weight excluding hydrogens is 526 g/mol. The number of aromatic hydroxyl groups is 1. The van der Waals surface area contributed by atoms with Crippen LogP contribution in [-0.2, 0) is 0 Å². The summed E-state index contributed by atoms with van der Waals surface area (Å²) >= 11 is 0. The van der Waals surface area contributed by atoms with E-state index in [0.29, 0.717) is 55.4 Å². The first kappa shape index (κ1) is 28.3. The molecule has 0 saturated carbocycles. The molecule has 0 aliphatic carbocycles. The number of phenols is 1. The summed E-state index contributed by atoms with van der Waals surface area (Å²) in [5, 5.41) is 16.3. The lowest BCUT2D eigenvalue weighted by atomic mass is 10.0. The minimum absolute atomic E-state index is 0.0890. The van der Waals surface area contributed by atoms with Gasteiger partial charge in [-0.3, -0.25) is 4.79 Å². The largest absolute Gasteiger partial charge is 0.504 e. The molecule has 5 rings (SSSR count). The first-order valence-electron chi connectivity index (χ1n) is 13.5. The Morgan fingerprint density at radius 1 is 0.829 bits per heavy atom. The van der Waals surface area contributed by atoms with Crippen LogP contribution in [0.3, 0.4) is 0 Å². The molecule has 0 radical (unpaired) electrons. The van der Waals surface area contributed by atoms with Crippen LogP contribution in [0, 0.1) is 0 Å². The van der Waals surface area contributed by atoms with E-state index in [1.807, 2.05) is 9.80 Å². The van der Waals surface area contributed by atoms with Gasteiger partial charge in [0.25, 0.3) is 5.91 Å². The number of anilines is 5. The summed E-state index contributed by atoms with van der Waals surface area (Å²) in [5.74, 6) is 0.803. The molecule has 0 spiro atoms. The molecule has 3 heterocycles. The predicted octanol–water partition coefficient (Wildman–Crippen LogP) is 0.311. The number of phenolic OH excluding ortho intramolecular Hbond substituents is 1. The van der Waals surface area contributed by atoms with Crippen LogP contribution in [0.25, 0.3) is 0 Å². The Morgan fingerprint density at radius 2 is 1.34 bits per heavy atom. The summed E-state index contributed by atoms with van der Waals surface area (Å²) in [6.07, 6.45) is 1.46. The quantitative estimate of drug-likeness (QED) is 0.206. The highest BCUT2D eigenvalue weighted by Crippen LogP contribution is 2.30. The van der Waals surface area contributed by atoms with Crippen LogP contribution in [0.15, 0.2) is 42.5 Å². The normalized spacial score (nSPS) is 22.8. The Morgan fingerprint density at radius 3 is 1.85 bits per heavy atom. The number of benzene rings is 2. The standard InChI is InChI=1S/C27H37N11O3/c1-41-22-4-2-3-21(23(22)39)24(40)32-19-5-7-20(8-6-19)33-25-34-26(37-11-15(28)9-16(29)12-37)36-27(35-25)38-13-17(30)10-18(31)14-38/h2-8,15-18,39H,9-14,28-31H2,1H3,(H,32,40)(H,33,34,35,36)/t15-,16+,17-,18+. The van der Waals surface area contributed by atoms with Crippen LogP contribution in [0.1, 0.15) is 23.2 Å². The van der Waals surface area contributed by atoms with Crippen molar-refractivity contribution in [1.29, 1.82) is 0 Å². The zero-order valence-electron chi connectivity index (χ0n) is 22.9. The second-order valence-electron chi connectivity index (χ2n) is 10.6. The second-order valence-corrected chi connectivity index (χ2v) is 10.6. The van der Waals surface area contributed by atoms with Crippen molar-refractivity contribution in [2.45, 2.75) is 37.0 Å². The average molecular weight is 564 g/mol. The molecule has 41 heavy (non-hydrogen) atoms. The van der Waals surface area contributed by atoms with Gasteiger partial charge in [0.15, 0.2) is 11.5 Å². The third-order valence-electron chi connectivity index (χ3n) is 7.07. The van der Waals surface area contributed by atoms with Crippen molar-refractivity contribution in [3.05, 3.63) is 48.0 Å². The molecule has 11 N–H and O–H groups in total. The number of carbonyl (C=O) groups excluding carboxylic acids is 1. The average Bonchev–Trinajstić information content (AvgIpc) is 2.93. The number of ether oxygens (including phenoxy) is 1. The Labute approximate surface area is 238 Å². The molecular formula is C27H37N11O3. The van der Waals surface area contributed by atoms with Gasteiger partial charge in [0, 0.05) is 61.7 Å². The van der Waals surface area contributed by atoms with E-state index in [1.165, 1.54) is 13.2 Å². The van der Waals surface area contributed by atoms with E-state index in [2.05, 4.69) is 20.6 Å². The minimum atomic E-state index is -0.468. The van der Waals surface area contributed by atoms with Crippen LogP contribution in [0.5, 0.6) is 11.5 Å². The van der Waals surface area contributed by atoms with Crippen molar-refractivity contribution in [3.63, 3.8) is 0 Å². The van der Waals surface area contributed by atoms with Gasteiger partial charge in [-0.25, -0.2) is 0 Å². The number of hydrogen-bond donors (Lipinski definition) is 7. The molecule has 1 aromatic heterocycles. The lowest BCUT2D eigenvalue weighted by Gasteiger charge is -2.37. The van der Waals surface area contributed by atoms with Crippen LogP contribution in [-0.4, -0.2) is 83.4 Å². The van der Waals surface area contributed by atoms with E-state index in [4.69, 9.17) is 32.7 Å². The number of rotatable bonds is 7. The van der Waals surface area contributed by atoms with Gasteiger partial charge in [0.2, 0.25) is 17.8 Å². The maximum Gasteiger partial charge on any atom is 0.259 e. The molecule has 0 bridgehead atoms. The van der Waals surface area contributed by atoms with Crippen LogP contribution in [0.4, 0.5) is 29.2 Å². The fourth-order valence-corrected chi connectivity index (χ4v) is 5.21. The van der Waals surface area contributed by atoms with Gasteiger partial charge in [-0.15, -0.1) is 0 Å². The Kier molecular flexibility index (Phi) is 8.35. The molecule has 2 fully saturated rings. The maximum absolute atomic E-state index is 12.7. The number of amides is 1. The summed E-state index contributed by atoms with van der Waals surface area (Å²) < 4.78 is 5.09. The van der Waals surface area contributed by atoms with Crippen molar-refractivity contribution in [2.24, 2.45) is 22.9 Å². The summed E-state index contributed by atoms with van der Waals surface area (Å²) in [6, 6.07) is 11.4.